The Morgan fingerprint density at radius 2 is 1.30 bits per heavy atom. The number of rotatable bonds is 0. The number of thiol groups is 1. The molecule has 0 radical (unpaired) electrons. The van der Waals surface area contributed by atoms with Crippen LogP contribution in [0.15, 0.2) is 0 Å². The van der Waals surface area contributed by atoms with E-state index in [2.05, 4.69) is 12.6 Å². The second kappa shape index (κ2) is 1.90. The van der Waals surface area contributed by atoms with Crippen LogP contribution >= 0.6 is 12.6 Å². The molecule has 0 unspecified atom stereocenters. The largest absolute Gasteiger partial charge is 0.244 e. The molecule has 0 spiro atoms. The van der Waals surface area contributed by atoms with Gasteiger partial charge >= 0.3 is 0 Å². The first-order chi connectivity index (χ1) is 4.62. The van der Waals surface area contributed by atoms with Crippen LogP contribution in [0, 0.1) is 0 Å². The van der Waals surface area contributed by atoms with Crippen LogP contribution in [0.3, 0.4) is 0 Å². The van der Waals surface area contributed by atoms with Gasteiger partial charge in [0.25, 0.3) is 0 Å². The lowest BCUT2D eigenvalue weighted by Gasteiger charge is -2.46. The van der Waals surface area contributed by atoms with E-state index in [0.29, 0.717) is 0 Å². The highest BCUT2D eigenvalue weighted by molar-refractivity contribution is 7.81. The van der Waals surface area contributed by atoms with Crippen LogP contribution in [0.1, 0.15) is 38.5 Å². The van der Waals surface area contributed by atoms with Crippen molar-refractivity contribution in [3.05, 3.63) is 0 Å². The molecule has 0 aromatic heterocycles. The van der Waals surface area contributed by atoms with E-state index in [0.717, 1.165) is 38.5 Å². The minimum absolute atomic E-state index is 0.216. The Kier molecular flexibility index (Phi) is 1.32. The van der Waals surface area contributed by atoms with Crippen LogP contribution in [0.2, 0.25) is 0 Å². The number of hydrogen-bond acceptors (Lipinski definition) is 1. The Morgan fingerprint density at radius 1 is 0.900 bits per heavy atom. The molecule has 0 N–H and O–H groups in total. The fourth-order valence-corrected chi connectivity index (χ4v) is 2.46. The third-order valence-corrected chi connectivity index (χ3v) is 3.79. The molecule has 3 aliphatic carbocycles. The molecule has 0 amide bonds. The van der Waals surface area contributed by atoms with E-state index in [9.17, 15) is 4.39 Å². The van der Waals surface area contributed by atoms with Crippen molar-refractivity contribution in [1.29, 1.82) is 0 Å². The maximum atomic E-state index is 13.5. The summed E-state index contributed by atoms with van der Waals surface area (Å²) in [4.78, 5) is 0. The molecule has 0 aromatic rings. The van der Waals surface area contributed by atoms with Crippen molar-refractivity contribution >= 4 is 12.6 Å². The zero-order valence-electron chi connectivity index (χ0n) is 6.07. The van der Waals surface area contributed by atoms with Gasteiger partial charge in [0.1, 0.15) is 5.67 Å². The summed E-state index contributed by atoms with van der Waals surface area (Å²) in [5.41, 5.74) is -0.787. The lowest BCUT2D eigenvalue weighted by atomic mass is 9.68. The average molecular weight is 160 g/mol. The van der Waals surface area contributed by atoms with Gasteiger partial charge in [0.2, 0.25) is 0 Å². The summed E-state index contributed by atoms with van der Waals surface area (Å²) >= 11 is 4.56. The van der Waals surface area contributed by atoms with Gasteiger partial charge in [-0.25, -0.2) is 4.39 Å². The zero-order valence-corrected chi connectivity index (χ0v) is 6.96. The Labute approximate surface area is 66.6 Å². The van der Waals surface area contributed by atoms with Gasteiger partial charge in [-0.2, -0.15) is 12.6 Å². The molecule has 0 aromatic carbocycles. The van der Waals surface area contributed by atoms with Gasteiger partial charge in [-0.1, -0.05) is 0 Å². The highest BCUT2D eigenvalue weighted by atomic mass is 32.1. The lowest BCUT2D eigenvalue weighted by molar-refractivity contribution is 0.0355. The number of hydrogen-bond donors (Lipinski definition) is 1. The standard InChI is InChI=1S/C8H13FS/c9-7-1-4-8(10,5-2-7)6-3-7/h10H,1-6H2. The topological polar surface area (TPSA) is 0 Å². The monoisotopic (exact) mass is 160 g/mol. The molecule has 0 heterocycles. The van der Waals surface area contributed by atoms with Crippen molar-refractivity contribution in [2.24, 2.45) is 0 Å². The Hall–Kier alpha value is 0.280. The molecule has 3 fully saturated rings. The Morgan fingerprint density at radius 3 is 1.60 bits per heavy atom. The van der Waals surface area contributed by atoms with Gasteiger partial charge in [-0.3, -0.25) is 0 Å². The summed E-state index contributed by atoms with van der Waals surface area (Å²) in [6.07, 6.45) is 5.26. The second-order valence-electron chi connectivity index (χ2n) is 3.88. The molecule has 3 aliphatic rings. The molecule has 0 atom stereocenters. The molecular formula is C8H13FS. The van der Waals surface area contributed by atoms with Crippen molar-refractivity contribution in [3.8, 4) is 0 Å². The van der Waals surface area contributed by atoms with Crippen LogP contribution in [-0.4, -0.2) is 10.4 Å². The number of halogens is 1. The number of fused-ring (bicyclic) bond motifs is 3. The summed E-state index contributed by atoms with van der Waals surface area (Å²) in [5.74, 6) is 0. The van der Waals surface area contributed by atoms with Crippen LogP contribution < -0.4 is 0 Å². The molecule has 0 saturated heterocycles. The summed E-state index contributed by atoms with van der Waals surface area (Å²) < 4.78 is 13.7. The van der Waals surface area contributed by atoms with Crippen molar-refractivity contribution in [2.75, 3.05) is 0 Å². The van der Waals surface area contributed by atoms with Crippen molar-refractivity contribution < 1.29 is 4.39 Å². The van der Waals surface area contributed by atoms with E-state index in [-0.39, 0.29) is 4.75 Å². The first kappa shape index (κ1) is 6.96. The van der Waals surface area contributed by atoms with Gasteiger partial charge in [0.15, 0.2) is 0 Å². The summed E-state index contributed by atoms with van der Waals surface area (Å²) in [6.45, 7) is 0. The average Bonchev–Trinajstić information content (AvgIpc) is 1.93. The quantitative estimate of drug-likeness (QED) is 0.517. The van der Waals surface area contributed by atoms with Gasteiger partial charge in [0, 0.05) is 4.75 Å². The molecule has 3 rings (SSSR count). The molecule has 0 nitrogen and oxygen atoms in total. The van der Waals surface area contributed by atoms with Crippen LogP contribution in [0.25, 0.3) is 0 Å². The fourth-order valence-electron chi connectivity index (χ4n) is 2.12. The van der Waals surface area contributed by atoms with E-state index in [1.54, 1.807) is 0 Å². The van der Waals surface area contributed by atoms with Gasteiger partial charge < -0.3 is 0 Å². The molecule has 58 valence electrons. The van der Waals surface area contributed by atoms with Crippen molar-refractivity contribution in [1.82, 2.24) is 0 Å². The van der Waals surface area contributed by atoms with Crippen LogP contribution in [0.5, 0.6) is 0 Å². The predicted molar refractivity (Wildman–Crippen MR) is 43.3 cm³/mol. The van der Waals surface area contributed by atoms with E-state index in [1.807, 2.05) is 0 Å². The van der Waals surface area contributed by atoms with E-state index in [4.69, 9.17) is 0 Å². The van der Waals surface area contributed by atoms with E-state index >= 15 is 0 Å². The van der Waals surface area contributed by atoms with Crippen LogP contribution in [-0.2, 0) is 0 Å². The predicted octanol–water partition coefficient (Wildman–Crippen LogP) is 2.73. The van der Waals surface area contributed by atoms with Crippen molar-refractivity contribution in [3.63, 3.8) is 0 Å². The van der Waals surface area contributed by atoms with Gasteiger partial charge in [0.05, 0.1) is 0 Å². The number of alkyl halides is 1. The Bertz CT molecular complexity index is 113. The second-order valence-corrected chi connectivity index (χ2v) is 4.82. The molecule has 10 heavy (non-hydrogen) atoms. The first-order valence-electron chi connectivity index (χ1n) is 4.03. The maximum absolute atomic E-state index is 13.5. The van der Waals surface area contributed by atoms with E-state index in [1.165, 1.54) is 0 Å². The first-order valence-corrected chi connectivity index (χ1v) is 4.48. The molecular weight excluding hydrogens is 147 g/mol. The maximum Gasteiger partial charge on any atom is 0.111 e. The molecule has 0 aliphatic heterocycles. The minimum atomic E-state index is -0.787. The highest BCUT2D eigenvalue weighted by Crippen LogP contribution is 2.51. The SMILES string of the molecule is FC12CCC(S)(CC1)CC2. The summed E-state index contributed by atoms with van der Waals surface area (Å²) in [6, 6.07) is 0. The van der Waals surface area contributed by atoms with Gasteiger partial charge in [-0.15, -0.1) is 0 Å². The highest BCUT2D eigenvalue weighted by Gasteiger charge is 2.46. The lowest BCUT2D eigenvalue weighted by Crippen LogP contribution is -2.44. The third-order valence-electron chi connectivity index (χ3n) is 3.12. The van der Waals surface area contributed by atoms with Gasteiger partial charge in [-0.05, 0) is 38.5 Å². The summed E-state index contributed by atoms with van der Waals surface area (Å²) in [7, 11) is 0. The zero-order chi connectivity index (χ0) is 7.24. The normalized spacial score (nSPS) is 53.4. The minimum Gasteiger partial charge on any atom is -0.244 e. The molecule has 2 heteroatoms. The third kappa shape index (κ3) is 0.969. The summed E-state index contributed by atoms with van der Waals surface area (Å²) in [5, 5.41) is 0. The van der Waals surface area contributed by atoms with E-state index < -0.39 is 5.67 Å². The van der Waals surface area contributed by atoms with Crippen molar-refractivity contribution in [2.45, 2.75) is 48.9 Å². The molecule has 2 bridgehead atoms. The Balaban J connectivity index is 2.16. The smallest absolute Gasteiger partial charge is 0.111 e. The molecule has 3 saturated carbocycles. The fraction of sp³-hybridized carbons (Fsp3) is 1.00. The van der Waals surface area contributed by atoms with Crippen LogP contribution in [0.4, 0.5) is 4.39 Å².